The van der Waals surface area contributed by atoms with Gasteiger partial charge in [-0.2, -0.15) is 0 Å². The van der Waals surface area contributed by atoms with E-state index in [1.165, 1.54) is 0 Å². The van der Waals surface area contributed by atoms with Crippen molar-refractivity contribution in [3.05, 3.63) is 58.9 Å². The van der Waals surface area contributed by atoms with E-state index in [-0.39, 0.29) is 5.92 Å². The highest BCUT2D eigenvalue weighted by molar-refractivity contribution is 6.30. The van der Waals surface area contributed by atoms with E-state index in [1.54, 1.807) is 37.7 Å². The van der Waals surface area contributed by atoms with Crippen LogP contribution in [0.25, 0.3) is 0 Å². The normalized spacial score (nSPS) is 13.9. The molecule has 2 unspecified atom stereocenters. The van der Waals surface area contributed by atoms with E-state index in [9.17, 15) is 5.11 Å². The van der Waals surface area contributed by atoms with Crippen molar-refractivity contribution >= 4 is 11.6 Å². The Labute approximate surface area is 117 Å². The molecular formula is C15H16ClNO2. The third kappa shape index (κ3) is 3.06. The molecule has 2 rings (SSSR count). The molecule has 0 saturated heterocycles. The van der Waals surface area contributed by atoms with Crippen LogP contribution in [0.1, 0.15) is 30.1 Å². The largest absolute Gasteiger partial charge is 0.496 e. The third-order valence-electron chi connectivity index (χ3n) is 3.22. The number of aliphatic hydroxyl groups is 1. The van der Waals surface area contributed by atoms with Gasteiger partial charge in [-0.05, 0) is 35.9 Å². The summed E-state index contributed by atoms with van der Waals surface area (Å²) in [5.41, 5.74) is 1.71. The molecule has 0 bridgehead atoms. The summed E-state index contributed by atoms with van der Waals surface area (Å²) in [6, 6.07) is 9.03. The molecule has 1 aromatic heterocycles. The number of rotatable bonds is 4. The summed E-state index contributed by atoms with van der Waals surface area (Å²) in [5.74, 6) is 0.563. The summed E-state index contributed by atoms with van der Waals surface area (Å²) in [6.45, 7) is 1.96. The Hall–Kier alpha value is -1.58. The molecular weight excluding hydrogens is 262 g/mol. The molecule has 1 heterocycles. The van der Waals surface area contributed by atoms with Gasteiger partial charge in [0, 0.05) is 28.9 Å². The van der Waals surface area contributed by atoms with E-state index in [1.807, 2.05) is 19.1 Å². The lowest BCUT2D eigenvalue weighted by Crippen LogP contribution is -2.09. The number of methoxy groups -OCH3 is 1. The molecule has 0 spiro atoms. The zero-order valence-corrected chi connectivity index (χ0v) is 11.6. The van der Waals surface area contributed by atoms with Gasteiger partial charge in [0.1, 0.15) is 5.75 Å². The highest BCUT2D eigenvalue weighted by Crippen LogP contribution is 2.36. The maximum Gasteiger partial charge on any atom is 0.124 e. The van der Waals surface area contributed by atoms with Gasteiger partial charge >= 0.3 is 0 Å². The van der Waals surface area contributed by atoms with Crippen molar-refractivity contribution in [1.82, 2.24) is 4.98 Å². The number of halogens is 1. The smallest absolute Gasteiger partial charge is 0.124 e. The van der Waals surface area contributed by atoms with Crippen LogP contribution in [-0.2, 0) is 0 Å². The van der Waals surface area contributed by atoms with Crippen LogP contribution in [0.15, 0.2) is 42.7 Å². The molecule has 2 atom stereocenters. The number of benzene rings is 1. The van der Waals surface area contributed by atoms with Crippen LogP contribution in [0.5, 0.6) is 5.75 Å². The molecule has 1 aromatic carbocycles. The summed E-state index contributed by atoms with van der Waals surface area (Å²) in [5, 5.41) is 11.1. The molecule has 100 valence electrons. The average molecular weight is 278 g/mol. The number of aliphatic hydroxyl groups excluding tert-OH is 1. The lowest BCUT2D eigenvalue weighted by molar-refractivity contribution is 0.148. The third-order valence-corrected chi connectivity index (χ3v) is 3.45. The van der Waals surface area contributed by atoms with Crippen molar-refractivity contribution in [2.24, 2.45) is 0 Å². The van der Waals surface area contributed by atoms with E-state index >= 15 is 0 Å². The lowest BCUT2D eigenvalue weighted by Gasteiger charge is -2.21. The first-order valence-electron chi connectivity index (χ1n) is 6.05. The topological polar surface area (TPSA) is 42.4 Å². The summed E-state index contributed by atoms with van der Waals surface area (Å²) < 4.78 is 5.28. The van der Waals surface area contributed by atoms with E-state index in [0.717, 1.165) is 5.56 Å². The van der Waals surface area contributed by atoms with Gasteiger partial charge < -0.3 is 9.84 Å². The standard InChI is InChI=1S/C15H16ClNO2/c1-10(11-5-7-17-8-6-11)15(18)13-9-12(16)3-4-14(13)19-2/h3-10,15,18H,1-2H3. The minimum Gasteiger partial charge on any atom is -0.496 e. The first-order chi connectivity index (χ1) is 9.13. The van der Waals surface area contributed by atoms with Crippen LogP contribution in [0, 0.1) is 0 Å². The Morgan fingerprint density at radius 1 is 1.21 bits per heavy atom. The number of hydrogen-bond acceptors (Lipinski definition) is 3. The monoisotopic (exact) mass is 277 g/mol. The molecule has 19 heavy (non-hydrogen) atoms. The van der Waals surface area contributed by atoms with Gasteiger partial charge in [0.05, 0.1) is 13.2 Å². The molecule has 0 aliphatic carbocycles. The quantitative estimate of drug-likeness (QED) is 0.929. The van der Waals surface area contributed by atoms with Gasteiger partial charge in [-0.3, -0.25) is 4.98 Å². The minimum atomic E-state index is -0.684. The first-order valence-corrected chi connectivity index (χ1v) is 6.42. The second kappa shape index (κ2) is 6.04. The van der Waals surface area contributed by atoms with Crippen molar-refractivity contribution in [1.29, 1.82) is 0 Å². The molecule has 1 N–H and O–H groups in total. The maximum atomic E-state index is 10.5. The zero-order valence-electron chi connectivity index (χ0n) is 10.9. The molecule has 0 saturated carbocycles. The molecule has 0 fully saturated rings. The van der Waals surface area contributed by atoms with E-state index in [4.69, 9.17) is 16.3 Å². The summed E-state index contributed by atoms with van der Waals surface area (Å²) in [6.07, 6.45) is 2.75. The average Bonchev–Trinajstić information content (AvgIpc) is 2.46. The number of aromatic nitrogens is 1. The summed E-state index contributed by atoms with van der Waals surface area (Å²) in [7, 11) is 1.58. The Kier molecular flexibility index (Phi) is 4.40. The maximum absolute atomic E-state index is 10.5. The predicted molar refractivity (Wildman–Crippen MR) is 75.6 cm³/mol. The van der Waals surface area contributed by atoms with E-state index < -0.39 is 6.10 Å². The Bertz CT molecular complexity index is 545. The van der Waals surface area contributed by atoms with Crippen molar-refractivity contribution in [2.75, 3.05) is 7.11 Å². The Morgan fingerprint density at radius 3 is 2.53 bits per heavy atom. The van der Waals surface area contributed by atoms with Gasteiger partial charge in [0.15, 0.2) is 0 Å². The van der Waals surface area contributed by atoms with Gasteiger partial charge in [0.25, 0.3) is 0 Å². The SMILES string of the molecule is COc1ccc(Cl)cc1C(O)C(C)c1ccncc1. The Balaban J connectivity index is 2.33. The second-order valence-corrected chi connectivity index (χ2v) is 4.84. The van der Waals surface area contributed by atoms with E-state index in [2.05, 4.69) is 4.98 Å². The van der Waals surface area contributed by atoms with Crippen LogP contribution in [0.3, 0.4) is 0 Å². The summed E-state index contributed by atoms with van der Waals surface area (Å²) >= 11 is 5.99. The van der Waals surface area contributed by atoms with E-state index in [0.29, 0.717) is 16.3 Å². The lowest BCUT2D eigenvalue weighted by atomic mass is 9.91. The molecule has 3 nitrogen and oxygen atoms in total. The van der Waals surface area contributed by atoms with Crippen LogP contribution in [-0.4, -0.2) is 17.2 Å². The van der Waals surface area contributed by atoms with Crippen LogP contribution in [0.4, 0.5) is 0 Å². The second-order valence-electron chi connectivity index (χ2n) is 4.40. The number of pyridine rings is 1. The van der Waals surface area contributed by atoms with Crippen molar-refractivity contribution < 1.29 is 9.84 Å². The highest BCUT2D eigenvalue weighted by Gasteiger charge is 2.21. The molecule has 4 heteroatoms. The number of ether oxygens (including phenoxy) is 1. The van der Waals surface area contributed by atoms with Gasteiger partial charge in [-0.15, -0.1) is 0 Å². The molecule has 0 radical (unpaired) electrons. The fourth-order valence-electron chi connectivity index (χ4n) is 2.05. The molecule has 0 amide bonds. The van der Waals surface area contributed by atoms with Gasteiger partial charge in [-0.1, -0.05) is 18.5 Å². The van der Waals surface area contributed by atoms with Gasteiger partial charge in [0.2, 0.25) is 0 Å². The molecule has 2 aromatic rings. The predicted octanol–water partition coefficient (Wildman–Crippen LogP) is 3.58. The first kappa shape index (κ1) is 13.8. The van der Waals surface area contributed by atoms with Gasteiger partial charge in [-0.25, -0.2) is 0 Å². The highest BCUT2D eigenvalue weighted by atomic mass is 35.5. The zero-order chi connectivity index (χ0) is 13.8. The number of hydrogen-bond donors (Lipinski definition) is 1. The number of nitrogens with zero attached hydrogens (tertiary/aromatic N) is 1. The fourth-order valence-corrected chi connectivity index (χ4v) is 2.24. The molecule has 0 aliphatic heterocycles. The molecule has 0 aliphatic rings. The van der Waals surface area contributed by atoms with Crippen molar-refractivity contribution in [3.63, 3.8) is 0 Å². The minimum absolute atomic E-state index is 0.0737. The van der Waals surface area contributed by atoms with Crippen LogP contribution >= 0.6 is 11.6 Å². The van der Waals surface area contributed by atoms with Crippen molar-refractivity contribution in [2.45, 2.75) is 18.9 Å². The van der Waals surface area contributed by atoms with Crippen LogP contribution in [0.2, 0.25) is 5.02 Å². The van der Waals surface area contributed by atoms with Crippen LogP contribution < -0.4 is 4.74 Å². The van der Waals surface area contributed by atoms with Crippen molar-refractivity contribution in [3.8, 4) is 5.75 Å². The summed E-state index contributed by atoms with van der Waals surface area (Å²) in [4.78, 5) is 3.98. The fraction of sp³-hybridized carbons (Fsp3) is 0.267. The Morgan fingerprint density at radius 2 is 1.89 bits per heavy atom.